The van der Waals surface area contributed by atoms with E-state index in [0.717, 1.165) is 20.8 Å². The zero-order valence-corrected chi connectivity index (χ0v) is 20.0. The highest BCUT2D eigenvalue weighted by Crippen LogP contribution is 2.32. The van der Waals surface area contributed by atoms with Crippen LogP contribution in [-0.4, -0.2) is 59.3 Å². The van der Waals surface area contributed by atoms with Gasteiger partial charge in [-0.15, -0.1) is 11.3 Å². The van der Waals surface area contributed by atoms with E-state index in [4.69, 9.17) is 16.6 Å². The van der Waals surface area contributed by atoms with Gasteiger partial charge in [-0.1, -0.05) is 54.1 Å². The fourth-order valence-electron chi connectivity index (χ4n) is 4.08. The predicted octanol–water partition coefficient (Wildman–Crippen LogP) is 5.01. The molecule has 1 aliphatic heterocycles. The first-order valence-electron chi connectivity index (χ1n) is 11.1. The molecule has 0 radical (unpaired) electrons. The van der Waals surface area contributed by atoms with Crippen molar-refractivity contribution in [1.82, 2.24) is 14.8 Å². The number of para-hydroxylation sites is 2. The monoisotopic (exact) mass is 490 g/mol. The van der Waals surface area contributed by atoms with Crippen molar-refractivity contribution >= 4 is 50.7 Å². The van der Waals surface area contributed by atoms with Crippen molar-refractivity contribution in [2.45, 2.75) is 0 Å². The molecule has 1 saturated heterocycles. The Morgan fingerprint density at radius 3 is 2.41 bits per heavy atom. The van der Waals surface area contributed by atoms with Gasteiger partial charge in [0.05, 0.1) is 27.5 Å². The van der Waals surface area contributed by atoms with Crippen LogP contribution in [0.15, 0.2) is 72.8 Å². The number of anilines is 1. The number of carbonyl (C=O) groups is 2. The number of hydrogen-bond donors (Lipinski definition) is 1. The molecule has 0 atom stereocenters. The van der Waals surface area contributed by atoms with E-state index in [1.54, 1.807) is 23.5 Å². The number of hydrogen-bond acceptors (Lipinski definition) is 5. The fourth-order valence-corrected chi connectivity index (χ4v) is 5.27. The molecule has 1 fully saturated rings. The molecule has 8 heteroatoms. The van der Waals surface area contributed by atoms with Gasteiger partial charge in [0.1, 0.15) is 5.01 Å². The van der Waals surface area contributed by atoms with E-state index in [9.17, 15) is 9.59 Å². The third kappa shape index (κ3) is 4.82. The summed E-state index contributed by atoms with van der Waals surface area (Å²) in [4.78, 5) is 34.5. The van der Waals surface area contributed by atoms with Crippen LogP contribution in [0.25, 0.3) is 20.8 Å². The van der Waals surface area contributed by atoms with Gasteiger partial charge in [0.15, 0.2) is 0 Å². The van der Waals surface area contributed by atoms with Crippen molar-refractivity contribution < 1.29 is 9.59 Å². The molecule has 34 heavy (non-hydrogen) atoms. The van der Waals surface area contributed by atoms with Crippen molar-refractivity contribution in [3.05, 3.63) is 83.4 Å². The van der Waals surface area contributed by atoms with Gasteiger partial charge in [0.2, 0.25) is 5.91 Å². The minimum absolute atomic E-state index is 0.00461. The number of thiazole rings is 1. The minimum atomic E-state index is -0.117. The number of aromatic nitrogens is 1. The molecular formula is C26H23ClN4O2S. The number of nitrogens with one attached hydrogen (secondary N) is 1. The second-order valence-corrected chi connectivity index (χ2v) is 9.57. The summed E-state index contributed by atoms with van der Waals surface area (Å²) < 4.78 is 1.10. The maximum absolute atomic E-state index is 13.4. The Hall–Kier alpha value is -3.26. The number of piperazine rings is 1. The highest BCUT2D eigenvalue weighted by atomic mass is 35.5. The maximum Gasteiger partial charge on any atom is 0.254 e. The van der Waals surface area contributed by atoms with Crippen molar-refractivity contribution in [2.24, 2.45) is 0 Å². The average Bonchev–Trinajstić information content (AvgIpc) is 3.30. The van der Waals surface area contributed by atoms with Gasteiger partial charge in [-0.3, -0.25) is 14.5 Å². The lowest BCUT2D eigenvalue weighted by Crippen LogP contribution is -2.50. The number of carbonyl (C=O) groups excluding carboxylic acids is 2. The average molecular weight is 491 g/mol. The van der Waals surface area contributed by atoms with Gasteiger partial charge >= 0.3 is 0 Å². The topological polar surface area (TPSA) is 65.5 Å². The lowest BCUT2D eigenvalue weighted by Gasteiger charge is -2.34. The Bertz CT molecular complexity index is 1310. The van der Waals surface area contributed by atoms with Crippen LogP contribution in [0.3, 0.4) is 0 Å². The van der Waals surface area contributed by atoms with Crippen molar-refractivity contribution in [2.75, 3.05) is 38.0 Å². The van der Waals surface area contributed by atoms with E-state index in [0.29, 0.717) is 42.5 Å². The second kappa shape index (κ2) is 9.93. The van der Waals surface area contributed by atoms with Crippen LogP contribution in [0.1, 0.15) is 10.4 Å². The molecule has 0 aliphatic carbocycles. The molecular weight excluding hydrogens is 468 g/mol. The van der Waals surface area contributed by atoms with Crippen molar-refractivity contribution in [3.8, 4) is 10.6 Å². The van der Waals surface area contributed by atoms with E-state index in [1.165, 1.54) is 0 Å². The Morgan fingerprint density at radius 1 is 0.912 bits per heavy atom. The van der Waals surface area contributed by atoms with Crippen molar-refractivity contribution in [3.63, 3.8) is 0 Å². The van der Waals surface area contributed by atoms with Crippen LogP contribution in [-0.2, 0) is 4.79 Å². The van der Waals surface area contributed by atoms with Crippen LogP contribution in [0.2, 0.25) is 5.02 Å². The van der Waals surface area contributed by atoms with Gasteiger partial charge in [-0.2, -0.15) is 0 Å². The van der Waals surface area contributed by atoms with E-state index in [2.05, 4.69) is 10.2 Å². The molecule has 3 aromatic carbocycles. The molecule has 2 amide bonds. The molecule has 5 rings (SSSR count). The molecule has 172 valence electrons. The van der Waals surface area contributed by atoms with E-state index in [-0.39, 0.29) is 18.4 Å². The number of nitrogens with zero attached hydrogens (tertiary/aromatic N) is 3. The Morgan fingerprint density at radius 2 is 1.62 bits per heavy atom. The lowest BCUT2D eigenvalue weighted by atomic mass is 10.1. The summed E-state index contributed by atoms with van der Waals surface area (Å²) in [5, 5.41) is 4.21. The molecule has 0 unspecified atom stereocenters. The largest absolute Gasteiger partial charge is 0.336 e. The summed E-state index contributed by atoms with van der Waals surface area (Å²) in [6.07, 6.45) is 0. The lowest BCUT2D eigenvalue weighted by molar-refractivity contribution is -0.117. The zero-order chi connectivity index (χ0) is 23.5. The molecule has 1 aromatic heterocycles. The van der Waals surface area contributed by atoms with Crippen LogP contribution < -0.4 is 5.32 Å². The molecule has 0 spiro atoms. The van der Waals surface area contributed by atoms with Gasteiger partial charge in [0, 0.05) is 37.3 Å². The summed E-state index contributed by atoms with van der Waals surface area (Å²) in [5.41, 5.74) is 3.06. The Kier molecular flexibility index (Phi) is 6.58. The highest BCUT2D eigenvalue weighted by Gasteiger charge is 2.25. The third-order valence-electron chi connectivity index (χ3n) is 5.86. The summed E-state index contributed by atoms with van der Waals surface area (Å²) in [6, 6.07) is 22.8. The van der Waals surface area contributed by atoms with Crippen LogP contribution >= 0.6 is 22.9 Å². The number of halogens is 1. The first-order valence-corrected chi connectivity index (χ1v) is 12.3. The smallest absolute Gasteiger partial charge is 0.254 e. The highest BCUT2D eigenvalue weighted by molar-refractivity contribution is 7.21. The quantitative estimate of drug-likeness (QED) is 0.427. The summed E-state index contributed by atoms with van der Waals surface area (Å²) in [6.45, 7) is 2.64. The zero-order valence-electron chi connectivity index (χ0n) is 18.4. The maximum atomic E-state index is 13.4. The molecule has 1 aliphatic rings. The summed E-state index contributed by atoms with van der Waals surface area (Å²) in [7, 11) is 0. The number of rotatable bonds is 5. The van der Waals surface area contributed by atoms with Crippen LogP contribution in [0.4, 0.5) is 5.69 Å². The Balaban J connectivity index is 1.23. The summed E-state index contributed by atoms with van der Waals surface area (Å²) >= 11 is 7.72. The number of fused-ring (bicyclic) bond motifs is 1. The SMILES string of the molecule is O=C(CN1CCN(C(=O)c2ccccc2-c2nc3ccccc3s2)CC1)Nc1ccccc1Cl. The predicted molar refractivity (Wildman–Crippen MR) is 137 cm³/mol. The molecule has 4 aromatic rings. The van der Waals surface area contributed by atoms with Crippen LogP contribution in [0.5, 0.6) is 0 Å². The standard InChI is InChI=1S/C26H23ClN4O2S/c27-20-9-3-4-10-21(20)28-24(32)17-30-13-15-31(16-14-30)26(33)19-8-2-1-7-18(19)25-29-22-11-5-6-12-23(22)34-25/h1-12H,13-17H2,(H,28,32). The van der Waals surface area contributed by atoms with E-state index in [1.807, 2.05) is 65.6 Å². The van der Waals surface area contributed by atoms with E-state index < -0.39 is 0 Å². The molecule has 0 saturated carbocycles. The molecule has 2 heterocycles. The van der Waals surface area contributed by atoms with Gasteiger partial charge in [-0.05, 0) is 30.3 Å². The van der Waals surface area contributed by atoms with Gasteiger partial charge in [-0.25, -0.2) is 4.98 Å². The number of benzene rings is 3. The second-order valence-electron chi connectivity index (χ2n) is 8.13. The molecule has 0 bridgehead atoms. The third-order valence-corrected chi connectivity index (χ3v) is 7.26. The number of amides is 2. The first kappa shape index (κ1) is 22.5. The van der Waals surface area contributed by atoms with Crippen molar-refractivity contribution in [1.29, 1.82) is 0 Å². The molecule has 6 nitrogen and oxygen atoms in total. The molecule has 1 N–H and O–H groups in total. The first-order chi connectivity index (χ1) is 16.6. The Labute approximate surface area is 206 Å². The van der Waals surface area contributed by atoms with Gasteiger partial charge < -0.3 is 10.2 Å². The van der Waals surface area contributed by atoms with Gasteiger partial charge in [0.25, 0.3) is 5.91 Å². The summed E-state index contributed by atoms with van der Waals surface area (Å²) in [5.74, 6) is -0.121. The van der Waals surface area contributed by atoms with E-state index >= 15 is 0 Å². The minimum Gasteiger partial charge on any atom is -0.336 e. The fraction of sp³-hybridized carbons (Fsp3) is 0.192. The van der Waals surface area contributed by atoms with Crippen LogP contribution in [0, 0.1) is 0 Å². The normalized spacial score (nSPS) is 14.3.